The van der Waals surface area contributed by atoms with E-state index in [1.54, 1.807) is 12.1 Å². The summed E-state index contributed by atoms with van der Waals surface area (Å²) in [5, 5.41) is 7.08. The molecule has 4 fully saturated rings. The molecule has 9 rings (SSSR count). The molecule has 0 bridgehead atoms. The lowest BCUT2D eigenvalue weighted by Gasteiger charge is -2.35. The molecule has 5 aromatic rings. The van der Waals surface area contributed by atoms with Crippen molar-refractivity contribution in [2.24, 2.45) is 0 Å². The van der Waals surface area contributed by atoms with Crippen LogP contribution in [0, 0.1) is 11.6 Å². The van der Waals surface area contributed by atoms with Gasteiger partial charge in [0.25, 0.3) is 0 Å². The van der Waals surface area contributed by atoms with Gasteiger partial charge < -0.3 is 30.4 Å². The largest absolute Gasteiger partial charge is 0.367 e. The number of nitrogens with zero attached hydrogens (tertiary/aromatic N) is 4. The molecule has 0 radical (unpaired) electrons. The summed E-state index contributed by atoms with van der Waals surface area (Å²) in [6.45, 7) is 3.40. The lowest BCUT2D eigenvalue weighted by molar-refractivity contribution is 0.529. The fraction of sp³-hybridized carbons (Fsp3) is 0.459. The predicted molar refractivity (Wildman–Crippen MR) is 182 cm³/mol. The molecule has 10 heteroatoms. The van der Waals surface area contributed by atoms with Gasteiger partial charge in [-0.2, -0.15) is 0 Å². The van der Waals surface area contributed by atoms with Crippen molar-refractivity contribution in [2.45, 2.75) is 82.0 Å². The van der Waals surface area contributed by atoms with E-state index < -0.39 is 11.6 Å². The van der Waals surface area contributed by atoms with Crippen LogP contribution in [0.2, 0.25) is 0 Å². The maximum absolute atomic E-state index is 16.0. The molecule has 4 atom stereocenters. The Bertz CT molecular complexity index is 1790. The first-order valence-electron chi connectivity index (χ1n) is 17.6. The van der Waals surface area contributed by atoms with E-state index in [0.29, 0.717) is 18.8 Å². The number of H-pyrrole nitrogens is 2. The number of anilines is 2. The Labute approximate surface area is 273 Å². The van der Waals surface area contributed by atoms with Gasteiger partial charge in [-0.1, -0.05) is 12.1 Å². The summed E-state index contributed by atoms with van der Waals surface area (Å²) in [5.41, 5.74) is 6.81. The molecule has 6 heterocycles. The minimum absolute atomic E-state index is 0.0592. The van der Waals surface area contributed by atoms with Crippen molar-refractivity contribution in [2.75, 3.05) is 36.0 Å². The third-order valence-corrected chi connectivity index (χ3v) is 11.0. The first kappa shape index (κ1) is 29.1. The van der Waals surface area contributed by atoms with Gasteiger partial charge in [0.05, 0.1) is 46.2 Å². The Morgan fingerprint density at radius 3 is 1.64 bits per heavy atom. The Kier molecular flexibility index (Phi) is 7.38. The van der Waals surface area contributed by atoms with Crippen molar-refractivity contribution in [3.63, 3.8) is 0 Å². The molecule has 0 saturated carbocycles. The number of fused-ring (bicyclic) bond motifs is 2. The van der Waals surface area contributed by atoms with Crippen LogP contribution in [0.3, 0.4) is 0 Å². The number of rotatable bonds is 6. The molecule has 0 aliphatic carbocycles. The van der Waals surface area contributed by atoms with E-state index in [1.165, 1.54) is 0 Å². The van der Waals surface area contributed by atoms with E-state index in [0.717, 1.165) is 116 Å². The average Bonchev–Trinajstić information content (AvgIpc) is 3.93. The van der Waals surface area contributed by atoms with Crippen LogP contribution >= 0.6 is 0 Å². The highest BCUT2D eigenvalue weighted by atomic mass is 19.1. The number of nitrogens with one attached hydrogen (secondary N) is 4. The minimum Gasteiger partial charge on any atom is -0.367 e. The lowest BCUT2D eigenvalue weighted by Crippen LogP contribution is -2.31. The number of benzene rings is 3. The fourth-order valence-electron chi connectivity index (χ4n) is 8.62. The second kappa shape index (κ2) is 11.9. The smallest absolute Gasteiger partial charge is 0.151 e. The third-order valence-electron chi connectivity index (χ3n) is 11.0. The van der Waals surface area contributed by atoms with Crippen LogP contribution in [0.4, 0.5) is 20.2 Å². The molecule has 8 nitrogen and oxygen atoms in total. The topological polar surface area (TPSA) is 87.9 Å². The average molecular weight is 637 g/mol. The minimum atomic E-state index is -0.484. The van der Waals surface area contributed by atoms with E-state index in [4.69, 9.17) is 9.97 Å². The number of imidazole rings is 2. The number of hydrogen-bond donors (Lipinski definition) is 4. The number of aromatic amines is 2. The molecule has 4 saturated heterocycles. The maximum atomic E-state index is 16.0. The Morgan fingerprint density at radius 2 is 1.15 bits per heavy atom. The second-order valence-electron chi connectivity index (χ2n) is 13.9. The van der Waals surface area contributed by atoms with Crippen LogP contribution in [-0.2, 0) is 0 Å². The van der Waals surface area contributed by atoms with Crippen LogP contribution in [0.25, 0.3) is 22.1 Å². The predicted octanol–water partition coefficient (Wildman–Crippen LogP) is 7.64. The standard InChI is InChI=1S/C37H42F2N8/c38-25-20-24(21-26(39)35(25)46-16-2-1-3-17-46)47-33(22-8-10-27-31(18-22)44-36(42-27)29-6-4-14-40-29)12-13-34(47)23-9-11-28-32(19-23)45-37(43-28)30-7-5-15-41-30/h8-11,18-21,29-30,33-34,40-41H,1-7,12-17H2,(H,42,44)(H,43,45)/t29-,30-,33-,34+/m0/s1. The Balaban J connectivity index is 1.11. The van der Waals surface area contributed by atoms with Gasteiger partial charge in [0, 0.05) is 18.8 Å². The highest BCUT2D eigenvalue weighted by Gasteiger charge is 2.37. The molecule has 0 spiro atoms. The molecular formula is C37H42F2N8. The van der Waals surface area contributed by atoms with Gasteiger partial charge in [0.15, 0.2) is 11.6 Å². The van der Waals surface area contributed by atoms with Crippen molar-refractivity contribution in [1.82, 2.24) is 30.6 Å². The molecule has 4 aliphatic heterocycles. The van der Waals surface area contributed by atoms with Gasteiger partial charge in [-0.3, -0.25) is 0 Å². The number of aromatic nitrogens is 4. The van der Waals surface area contributed by atoms with Crippen LogP contribution in [-0.4, -0.2) is 46.1 Å². The van der Waals surface area contributed by atoms with E-state index in [1.807, 2.05) is 4.90 Å². The molecule has 2 aromatic heterocycles. The highest BCUT2D eigenvalue weighted by molar-refractivity contribution is 5.78. The van der Waals surface area contributed by atoms with E-state index in [-0.39, 0.29) is 29.9 Å². The van der Waals surface area contributed by atoms with E-state index in [2.05, 4.69) is 61.9 Å². The van der Waals surface area contributed by atoms with Crippen molar-refractivity contribution in [3.8, 4) is 0 Å². The summed E-state index contributed by atoms with van der Waals surface area (Å²) in [7, 11) is 0. The summed E-state index contributed by atoms with van der Waals surface area (Å²) in [6, 6.07) is 16.4. The summed E-state index contributed by atoms with van der Waals surface area (Å²) >= 11 is 0. The first-order valence-corrected chi connectivity index (χ1v) is 17.6. The van der Waals surface area contributed by atoms with Gasteiger partial charge in [0.1, 0.15) is 17.3 Å². The lowest BCUT2D eigenvalue weighted by atomic mass is 10.0. The summed E-state index contributed by atoms with van der Waals surface area (Å²) in [5.74, 6) is 0.991. The number of halogens is 2. The molecular weight excluding hydrogens is 594 g/mol. The fourth-order valence-corrected chi connectivity index (χ4v) is 8.62. The maximum Gasteiger partial charge on any atom is 0.151 e. The monoisotopic (exact) mass is 636 g/mol. The van der Waals surface area contributed by atoms with Gasteiger partial charge in [-0.15, -0.1) is 0 Å². The summed E-state index contributed by atoms with van der Waals surface area (Å²) in [6.07, 6.45) is 9.20. The molecule has 0 amide bonds. The van der Waals surface area contributed by atoms with Crippen molar-refractivity contribution in [1.29, 1.82) is 0 Å². The SMILES string of the molecule is Fc1cc(N2[C@@H](c3ccc4nc([C@@H]5CCCN5)[nH]c4c3)CC[C@H]2c2ccc3nc([C@@H]4CCCN4)[nH]c3c2)cc(F)c1N1CCCCC1. The zero-order valence-corrected chi connectivity index (χ0v) is 26.7. The third kappa shape index (κ3) is 5.26. The van der Waals surface area contributed by atoms with E-state index >= 15 is 8.78 Å². The highest BCUT2D eigenvalue weighted by Crippen LogP contribution is 2.48. The number of piperidine rings is 1. The van der Waals surface area contributed by atoms with E-state index in [9.17, 15) is 0 Å². The van der Waals surface area contributed by atoms with Gasteiger partial charge >= 0.3 is 0 Å². The molecule has 47 heavy (non-hydrogen) atoms. The summed E-state index contributed by atoms with van der Waals surface area (Å²) < 4.78 is 32.0. The molecule has 0 unspecified atom stereocenters. The number of hydrogen-bond acceptors (Lipinski definition) is 6. The van der Waals surface area contributed by atoms with Crippen LogP contribution in [0.5, 0.6) is 0 Å². The van der Waals surface area contributed by atoms with Crippen molar-refractivity contribution < 1.29 is 8.78 Å². The van der Waals surface area contributed by atoms with Gasteiger partial charge in [0.2, 0.25) is 0 Å². The van der Waals surface area contributed by atoms with Crippen LogP contribution in [0.1, 0.15) is 105 Å². The van der Waals surface area contributed by atoms with Crippen molar-refractivity contribution >= 4 is 33.4 Å². The Hall–Kier alpha value is -4.02. The van der Waals surface area contributed by atoms with Gasteiger partial charge in [-0.05, 0) is 118 Å². The second-order valence-corrected chi connectivity index (χ2v) is 13.9. The van der Waals surface area contributed by atoms with Gasteiger partial charge in [-0.25, -0.2) is 18.7 Å². The first-order chi connectivity index (χ1) is 23.1. The summed E-state index contributed by atoms with van der Waals surface area (Å²) in [4.78, 5) is 21.1. The quantitative estimate of drug-likeness (QED) is 0.153. The molecule has 244 valence electrons. The van der Waals surface area contributed by atoms with Crippen molar-refractivity contribution in [3.05, 3.63) is 82.9 Å². The zero-order chi connectivity index (χ0) is 31.5. The van der Waals surface area contributed by atoms with Crippen LogP contribution in [0.15, 0.2) is 48.5 Å². The molecule has 4 aliphatic rings. The Morgan fingerprint density at radius 1 is 0.617 bits per heavy atom. The van der Waals surface area contributed by atoms with Crippen LogP contribution < -0.4 is 20.4 Å². The normalized spacial score (nSPS) is 25.1. The zero-order valence-electron chi connectivity index (χ0n) is 26.7. The molecule has 4 N–H and O–H groups in total. The molecule has 3 aromatic carbocycles.